The maximum absolute atomic E-state index is 12.3. The van der Waals surface area contributed by atoms with E-state index in [2.05, 4.69) is 22.2 Å². The van der Waals surface area contributed by atoms with E-state index in [1.54, 1.807) is 20.2 Å². The van der Waals surface area contributed by atoms with Gasteiger partial charge in [0.2, 0.25) is 5.16 Å². The number of hydrogen-bond donors (Lipinski definition) is 0. The molecule has 0 atom stereocenters. The molecule has 2 aromatic rings. The van der Waals surface area contributed by atoms with E-state index in [1.165, 1.54) is 55.0 Å². The Kier molecular flexibility index (Phi) is 10.4. The van der Waals surface area contributed by atoms with Crippen molar-refractivity contribution in [2.45, 2.75) is 63.9 Å². The fourth-order valence-electron chi connectivity index (χ4n) is 2.92. The number of rotatable bonds is 13. The minimum atomic E-state index is -0.285. The van der Waals surface area contributed by atoms with Crippen molar-refractivity contribution < 1.29 is 9.47 Å². The summed E-state index contributed by atoms with van der Waals surface area (Å²) < 4.78 is 12.6. The van der Waals surface area contributed by atoms with Gasteiger partial charge in [-0.05, 0) is 43.4 Å². The lowest BCUT2D eigenvalue weighted by molar-refractivity contribution is 0.284. The molecule has 0 spiro atoms. The Morgan fingerprint density at radius 2 is 1.83 bits per heavy atom. The molecule has 1 aromatic heterocycles. The number of benzene rings is 1. The second-order valence-corrected chi connectivity index (χ2v) is 7.79. The zero-order valence-electron chi connectivity index (χ0n) is 18.4. The van der Waals surface area contributed by atoms with Crippen LogP contribution < -0.4 is 15.0 Å². The summed E-state index contributed by atoms with van der Waals surface area (Å²) in [4.78, 5) is 12.3. The average Bonchev–Trinajstić information content (AvgIpc) is 2.77. The Morgan fingerprint density at radius 1 is 1.10 bits per heavy atom. The lowest BCUT2D eigenvalue weighted by Gasteiger charge is -2.11. The number of unbranched alkanes of at least 4 members (excludes halogenated alkanes) is 6. The SMILES string of the molecule is CCCCCCCCCOc1ccc(/C=N\n2c(SC)nnc(C)c2=O)cc1OC. The van der Waals surface area contributed by atoms with E-state index in [4.69, 9.17) is 9.47 Å². The first-order valence-electron chi connectivity index (χ1n) is 10.5. The molecule has 0 aliphatic heterocycles. The van der Waals surface area contributed by atoms with Gasteiger partial charge in [-0.3, -0.25) is 4.79 Å². The Labute approximate surface area is 182 Å². The minimum absolute atomic E-state index is 0.285. The molecule has 1 heterocycles. The number of nitrogens with zero attached hydrogens (tertiary/aromatic N) is 4. The molecule has 0 saturated heterocycles. The van der Waals surface area contributed by atoms with Gasteiger partial charge in [-0.25, -0.2) is 0 Å². The summed E-state index contributed by atoms with van der Waals surface area (Å²) in [7, 11) is 1.61. The highest BCUT2D eigenvalue weighted by Gasteiger charge is 2.08. The number of hydrogen-bond acceptors (Lipinski definition) is 7. The molecular formula is C22H32N4O3S. The molecule has 0 fully saturated rings. The number of aromatic nitrogens is 3. The van der Waals surface area contributed by atoms with Crippen LogP contribution >= 0.6 is 11.8 Å². The van der Waals surface area contributed by atoms with Crippen molar-refractivity contribution in [3.05, 3.63) is 39.8 Å². The summed E-state index contributed by atoms with van der Waals surface area (Å²) in [5.41, 5.74) is 0.812. The van der Waals surface area contributed by atoms with Gasteiger partial charge in [0, 0.05) is 0 Å². The van der Waals surface area contributed by atoms with Gasteiger partial charge >= 0.3 is 0 Å². The van der Waals surface area contributed by atoms with Crippen molar-refractivity contribution >= 4 is 18.0 Å². The average molecular weight is 433 g/mol. The number of thioether (sulfide) groups is 1. The minimum Gasteiger partial charge on any atom is -0.493 e. The second-order valence-electron chi connectivity index (χ2n) is 7.01. The zero-order valence-corrected chi connectivity index (χ0v) is 19.2. The van der Waals surface area contributed by atoms with Crippen molar-refractivity contribution in [2.24, 2.45) is 5.10 Å². The third-order valence-electron chi connectivity index (χ3n) is 4.67. The largest absolute Gasteiger partial charge is 0.493 e. The Hall–Kier alpha value is -2.35. The van der Waals surface area contributed by atoms with E-state index in [1.807, 2.05) is 24.5 Å². The third kappa shape index (κ3) is 7.16. The Bertz CT molecular complexity index is 883. The molecule has 0 N–H and O–H groups in total. The van der Waals surface area contributed by atoms with Gasteiger partial charge in [-0.1, -0.05) is 57.2 Å². The van der Waals surface area contributed by atoms with E-state index in [0.29, 0.717) is 29.0 Å². The van der Waals surface area contributed by atoms with Crippen molar-refractivity contribution in [3.8, 4) is 11.5 Å². The molecule has 8 heteroatoms. The van der Waals surface area contributed by atoms with Crippen molar-refractivity contribution in [3.63, 3.8) is 0 Å². The van der Waals surface area contributed by atoms with Crippen LogP contribution in [0, 0.1) is 6.92 Å². The fourth-order valence-corrected chi connectivity index (χ4v) is 3.35. The second kappa shape index (κ2) is 13.1. The fraction of sp³-hybridized carbons (Fsp3) is 0.545. The van der Waals surface area contributed by atoms with Gasteiger partial charge in [-0.2, -0.15) is 9.78 Å². The summed E-state index contributed by atoms with van der Waals surface area (Å²) >= 11 is 1.31. The standard InChI is InChI=1S/C22H32N4O3S/c1-5-6-7-8-9-10-11-14-29-19-13-12-18(15-20(19)28-3)16-23-26-21(27)17(2)24-25-22(26)30-4/h12-13,15-16H,5-11,14H2,1-4H3/b23-16-. The van der Waals surface area contributed by atoms with Gasteiger partial charge in [0.25, 0.3) is 5.56 Å². The van der Waals surface area contributed by atoms with Crippen LogP contribution in [0.1, 0.15) is 63.1 Å². The summed E-state index contributed by atoms with van der Waals surface area (Å²) in [6, 6.07) is 5.60. The van der Waals surface area contributed by atoms with E-state index in [0.717, 1.165) is 12.0 Å². The summed E-state index contributed by atoms with van der Waals surface area (Å²) in [6.45, 7) is 4.52. The molecule has 0 unspecified atom stereocenters. The third-order valence-corrected chi connectivity index (χ3v) is 5.29. The lowest BCUT2D eigenvalue weighted by atomic mass is 10.1. The first-order chi connectivity index (χ1) is 14.6. The van der Waals surface area contributed by atoms with Gasteiger partial charge in [0.1, 0.15) is 5.69 Å². The summed E-state index contributed by atoms with van der Waals surface area (Å²) in [5.74, 6) is 1.35. The predicted molar refractivity (Wildman–Crippen MR) is 122 cm³/mol. The first-order valence-corrected chi connectivity index (χ1v) is 11.7. The van der Waals surface area contributed by atoms with Gasteiger partial charge < -0.3 is 9.47 Å². The van der Waals surface area contributed by atoms with Crippen LogP contribution in [0.3, 0.4) is 0 Å². The number of ether oxygens (including phenoxy) is 2. The molecule has 1 aromatic carbocycles. The normalized spacial score (nSPS) is 11.2. The summed E-state index contributed by atoms with van der Waals surface area (Å²) in [5, 5.41) is 12.6. The number of aryl methyl sites for hydroxylation is 1. The molecule has 164 valence electrons. The molecule has 0 bridgehead atoms. The van der Waals surface area contributed by atoms with E-state index in [9.17, 15) is 4.79 Å². The van der Waals surface area contributed by atoms with Crippen molar-refractivity contribution in [1.29, 1.82) is 0 Å². The maximum atomic E-state index is 12.3. The van der Waals surface area contributed by atoms with Crippen LogP contribution in [0.2, 0.25) is 0 Å². The highest BCUT2D eigenvalue weighted by molar-refractivity contribution is 7.98. The molecule has 0 amide bonds. The van der Waals surface area contributed by atoms with E-state index >= 15 is 0 Å². The molecule has 30 heavy (non-hydrogen) atoms. The Morgan fingerprint density at radius 3 is 2.53 bits per heavy atom. The van der Waals surface area contributed by atoms with Gasteiger partial charge in [0.05, 0.1) is 19.9 Å². The maximum Gasteiger partial charge on any atom is 0.296 e. The molecule has 7 nitrogen and oxygen atoms in total. The van der Waals surface area contributed by atoms with Crippen LogP contribution in [0.4, 0.5) is 0 Å². The Balaban J connectivity index is 1.97. The molecule has 0 aliphatic carbocycles. The molecule has 0 aliphatic rings. The van der Waals surface area contributed by atoms with Crippen molar-refractivity contribution in [1.82, 2.24) is 14.9 Å². The molecule has 0 radical (unpaired) electrons. The van der Waals surface area contributed by atoms with Crippen LogP contribution in [0.25, 0.3) is 0 Å². The van der Waals surface area contributed by atoms with Gasteiger partial charge in [-0.15, -0.1) is 10.2 Å². The molecular weight excluding hydrogens is 400 g/mol. The highest BCUT2D eigenvalue weighted by atomic mass is 32.2. The van der Waals surface area contributed by atoms with Crippen LogP contribution in [-0.2, 0) is 0 Å². The van der Waals surface area contributed by atoms with Crippen LogP contribution in [-0.4, -0.2) is 41.1 Å². The smallest absolute Gasteiger partial charge is 0.296 e. The molecule has 0 saturated carbocycles. The lowest BCUT2D eigenvalue weighted by Crippen LogP contribution is -2.23. The quantitative estimate of drug-likeness (QED) is 0.260. The topological polar surface area (TPSA) is 78.6 Å². The van der Waals surface area contributed by atoms with Crippen molar-refractivity contribution in [2.75, 3.05) is 20.0 Å². The number of methoxy groups -OCH3 is 1. The highest BCUT2D eigenvalue weighted by Crippen LogP contribution is 2.28. The monoisotopic (exact) mass is 432 g/mol. The zero-order chi connectivity index (χ0) is 21.8. The van der Waals surface area contributed by atoms with Gasteiger partial charge in [0.15, 0.2) is 11.5 Å². The van der Waals surface area contributed by atoms with E-state index < -0.39 is 0 Å². The van der Waals surface area contributed by atoms with E-state index in [-0.39, 0.29) is 5.56 Å². The predicted octanol–water partition coefficient (Wildman–Crippen LogP) is 4.69. The molecule has 2 rings (SSSR count). The summed E-state index contributed by atoms with van der Waals surface area (Å²) in [6.07, 6.45) is 12.1. The first kappa shape index (κ1) is 23.9. The van der Waals surface area contributed by atoms with Crippen LogP contribution in [0.5, 0.6) is 11.5 Å². The van der Waals surface area contributed by atoms with Crippen LogP contribution in [0.15, 0.2) is 33.3 Å².